The second-order valence-corrected chi connectivity index (χ2v) is 7.91. The number of hydrogen-bond donors (Lipinski definition) is 1. The molecule has 0 aromatic rings. The molecule has 1 nitrogen and oxygen atoms in total. The van der Waals surface area contributed by atoms with E-state index < -0.39 is 0 Å². The maximum Gasteiger partial charge on any atom is 0.00672 e. The first-order valence-corrected chi connectivity index (χ1v) is 9.15. The van der Waals surface area contributed by atoms with E-state index in [1.165, 1.54) is 57.2 Å². The molecule has 0 amide bonds. The van der Waals surface area contributed by atoms with Crippen molar-refractivity contribution in [2.45, 2.75) is 71.8 Å². The summed E-state index contributed by atoms with van der Waals surface area (Å²) in [7, 11) is 0. The average molecular weight is 272 g/mol. The van der Waals surface area contributed by atoms with E-state index in [-0.39, 0.29) is 0 Å². The zero-order valence-electron chi connectivity index (χ0n) is 12.9. The minimum absolute atomic E-state index is 0.517. The number of unbranched alkanes of at least 4 members (excludes halogenated alkanes) is 2. The number of hydrogen-bond acceptors (Lipinski definition) is 2. The summed E-state index contributed by atoms with van der Waals surface area (Å²) in [6.45, 7) is 8.44. The van der Waals surface area contributed by atoms with E-state index in [2.05, 4.69) is 32.3 Å². The van der Waals surface area contributed by atoms with E-state index in [0.717, 1.165) is 12.0 Å². The molecule has 0 atom stereocenters. The van der Waals surface area contributed by atoms with Gasteiger partial charge in [0.1, 0.15) is 0 Å². The Morgan fingerprint density at radius 1 is 1.00 bits per heavy atom. The second-order valence-electron chi connectivity index (χ2n) is 6.92. The fourth-order valence-corrected chi connectivity index (χ4v) is 3.51. The Kier molecular flexibility index (Phi) is 7.70. The first kappa shape index (κ1) is 16.4. The SMILES string of the molecule is CSCCCCCNC1CCC(C(C)(C)C)CC1. The van der Waals surface area contributed by atoms with Gasteiger partial charge in [-0.25, -0.2) is 0 Å². The third-order valence-electron chi connectivity index (χ3n) is 4.41. The van der Waals surface area contributed by atoms with E-state index in [9.17, 15) is 0 Å². The molecule has 1 rings (SSSR count). The fraction of sp³-hybridized carbons (Fsp3) is 1.00. The van der Waals surface area contributed by atoms with Crippen LogP contribution in [0.2, 0.25) is 0 Å². The highest BCUT2D eigenvalue weighted by Gasteiger charge is 2.29. The minimum Gasteiger partial charge on any atom is -0.314 e. The lowest BCUT2D eigenvalue weighted by Gasteiger charge is -2.37. The lowest BCUT2D eigenvalue weighted by atomic mass is 9.71. The molecule has 1 fully saturated rings. The average Bonchev–Trinajstić information content (AvgIpc) is 2.33. The summed E-state index contributed by atoms with van der Waals surface area (Å²) in [5, 5.41) is 3.76. The van der Waals surface area contributed by atoms with Gasteiger partial charge in [0.05, 0.1) is 0 Å². The Hall–Kier alpha value is 0.310. The van der Waals surface area contributed by atoms with Gasteiger partial charge < -0.3 is 5.32 Å². The Morgan fingerprint density at radius 2 is 1.67 bits per heavy atom. The standard InChI is InChI=1S/C16H33NS/c1-16(2,3)14-8-10-15(11-9-14)17-12-6-5-7-13-18-4/h14-15,17H,5-13H2,1-4H3. The quantitative estimate of drug-likeness (QED) is 0.673. The van der Waals surface area contributed by atoms with Crippen LogP contribution in [0, 0.1) is 11.3 Å². The van der Waals surface area contributed by atoms with E-state index in [1.54, 1.807) is 0 Å². The van der Waals surface area contributed by atoms with Crippen molar-refractivity contribution in [3.05, 3.63) is 0 Å². The van der Waals surface area contributed by atoms with Crippen LogP contribution in [-0.4, -0.2) is 24.6 Å². The van der Waals surface area contributed by atoms with Crippen molar-refractivity contribution in [2.24, 2.45) is 11.3 Å². The Labute approximate surface area is 119 Å². The molecule has 2 heteroatoms. The predicted octanol–water partition coefficient (Wildman–Crippen LogP) is 4.71. The van der Waals surface area contributed by atoms with Crippen LogP contribution in [-0.2, 0) is 0 Å². The number of nitrogens with one attached hydrogen (secondary N) is 1. The largest absolute Gasteiger partial charge is 0.314 e. The van der Waals surface area contributed by atoms with Gasteiger partial charge >= 0.3 is 0 Å². The van der Waals surface area contributed by atoms with Crippen molar-refractivity contribution >= 4 is 11.8 Å². The summed E-state index contributed by atoms with van der Waals surface area (Å²) in [5.41, 5.74) is 0.517. The summed E-state index contributed by atoms with van der Waals surface area (Å²) < 4.78 is 0. The van der Waals surface area contributed by atoms with Crippen LogP contribution in [0.3, 0.4) is 0 Å². The number of thioether (sulfide) groups is 1. The molecular formula is C16H33NS. The summed E-state index contributed by atoms with van der Waals surface area (Å²) >= 11 is 1.97. The summed E-state index contributed by atoms with van der Waals surface area (Å²) in [6, 6.07) is 0.809. The Bertz CT molecular complexity index is 202. The van der Waals surface area contributed by atoms with Crippen LogP contribution in [0.5, 0.6) is 0 Å². The van der Waals surface area contributed by atoms with Gasteiger partial charge in [-0.2, -0.15) is 11.8 Å². The van der Waals surface area contributed by atoms with Crippen LogP contribution in [0.1, 0.15) is 65.7 Å². The van der Waals surface area contributed by atoms with E-state index >= 15 is 0 Å². The molecule has 0 bridgehead atoms. The normalized spacial score (nSPS) is 25.3. The first-order valence-electron chi connectivity index (χ1n) is 7.76. The van der Waals surface area contributed by atoms with Crippen LogP contribution in [0.15, 0.2) is 0 Å². The Morgan fingerprint density at radius 3 is 2.22 bits per heavy atom. The van der Waals surface area contributed by atoms with Gasteiger partial charge in [0.25, 0.3) is 0 Å². The molecule has 0 spiro atoms. The van der Waals surface area contributed by atoms with Gasteiger partial charge in [-0.1, -0.05) is 27.2 Å². The van der Waals surface area contributed by atoms with Crippen molar-refractivity contribution in [1.29, 1.82) is 0 Å². The van der Waals surface area contributed by atoms with Gasteiger partial charge in [0.2, 0.25) is 0 Å². The van der Waals surface area contributed by atoms with Gasteiger partial charge in [0, 0.05) is 6.04 Å². The van der Waals surface area contributed by atoms with E-state index in [0.29, 0.717) is 5.41 Å². The third kappa shape index (κ3) is 6.47. The van der Waals surface area contributed by atoms with Crippen molar-refractivity contribution in [3.63, 3.8) is 0 Å². The molecule has 0 heterocycles. The third-order valence-corrected chi connectivity index (χ3v) is 5.11. The lowest BCUT2D eigenvalue weighted by Crippen LogP contribution is -2.36. The van der Waals surface area contributed by atoms with Crippen molar-refractivity contribution in [3.8, 4) is 0 Å². The van der Waals surface area contributed by atoms with Crippen molar-refractivity contribution < 1.29 is 0 Å². The highest BCUT2D eigenvalue weighted by Crippen LogP contribution is 2.37. The molecule has 0 saturated heterocycles. The van der Waals surface area contributed by atoms with Crippen molar-refractivity contribution in [2.75, 3.05) is 18.6 Å². The van der Waals surface area contributed by atoms with Crippen molar-refractivity contribution in [1.82, 2.24) is 5.32 Å². The smallest absolute Gasteiger partial charge is 0.00672 e. The zero-order chi connectivity index (χ0) is 13.4. The summed E-state index contributed by atoms with van der Waals surface area (Å²) in [6.07, 6.45) is 12.0. The highest BCUT2D eigenvalue weighted by atomic mass is 32.2. The predicted molar refractivity (Wildman–Crippen MR) is 85.4 cm³/mol. The highest BCUT2D eigenvalue weighted by molar-refractivity contribution is 7.98. The molecule has 1 aliphatic carbocycles. The molecule has 1 aliphatic rings. The molecule has 18 heavy (non-hydrogen) atoms. The maximum atomic E-state index is 3.76. The number of rotatable bonds is 7. The van der Waals surface area contributed by atoms with Crippen LogP contribution >= 0.6 is 11.8 Å². The molecule has 0 aromatic heterocycles. The van der Waals surface area contributed by atoms with E-state index in [4.69, 9.17) is 0 Å². The topological polar surface area (TPSA) is 12.0 Å². The van der Waals surface area contributed by atoms with Gasteiger partial charge in [-0.3, -0.25) is 0 Å². The van der Waals surface area contributed by atoms with Crippen LogP contribution < -0.4 is 5.32 Å². The maximum absolute atomic E-state index is 3.76. The molecule has 1 N–H and O–H groups in total. The Balaban J connectivity index is 2.02. The van der Waals surface area contributed by atoms with Gasteiger partial charge in [-0.15, -0.1) is 0 Å². The zero-order valence-corrected chi connectivity index (χ0v) is 13.7. The molecule has 0 aromatic carbocycles. The first-order chi connectivity index (χ1) is 8.54. The molecule has 0 unspecified atom stereocenters. The van der Waals surface area contributed by atoms with Crippen LogP contribution in [0.4, 0.5) is 0 Å². The summed E-state index contributed by atoms with van der Waals surface area (Å²) in [4.78, 5) is 0. The monoisotopic (exact) mass is 271 g/mol. The molecule has 0 aliphatic heterocycles. The fourth-order valence-electron chi connectivity index (χ4n) is 3.02. The van der Waals surface area contributed by atoms with Gasteiger partial charge in [-0.05, 0) is 68.4 Å². The molecule has 0 radical (unpaired) electrons. The lowest BCUT2D eigenvalue weighted by molar-refractivity contribution is 0.160. The minimum atomic E-state index is 0.517. The molecular weight excluding hydrogens is 238 g/mol. The molecule has 108 valence electrons. The molecule has 1 saturated carbocycles. The second kappa shape index (κ2) is 8.47. The van der Waals surface area contributed by atoms with E-state index in [1.807, 2.05) is 11.8 Å². The van der Waals surface area contributed by atoms with Crippen LogP contribution in [0.25, 0.3) is 0 Å². The van der Waals surface area contributed by atoms with Gasteiger partial charge in [0.15, 0.2) is 0 Å². The summed E-state index contributed by atoms with van der Waals surface area (Å²) in [5.74, 6) is 2.27.